The van der Waals surface area contributed by atoms with Gasteiger partial charge in [-0.15, -0.1) is 0 Å². The number of hydrogen-bond acceptors (Lipinski definition) is 5. The van der Waals surface area contributed by atoms with Gasteiger partial charge in [-0.3, -0.25) is 0 Å². The van der Waals surface area contributed by atoms with Crippen LogP contribution in [0.4, 0.5) is 9.59 Å². The van der Waals surface area contributed by atoms with Crippen LogP contribution in [0.5, 0.6) is 0 Å². The molecule has 3 N–H and O–H groups in total. The fourth-order valence-corrected chi connectivity index (χ4v) is 5.60. The Bertz CT molecular complexity index is 888. The summed E-state index contributed by atoms with van der Waals surface area (Å²) in [6, 6.07) is 6.72. The highest BCUT2D eigenvalue weighted by atomic mass is 32.2. The number of piperidine rings is 1. The van der Waals surface area contributed by atoms with Gasteiger partial charge in [0.1, 0.15) is 0 Å². The van der Waals surface area contributed by atoms with E-state index in [1.807, 2.05) is 12.1 Å². The van der Waals surface area contributed by atoms with Gasteiger partial charge in [-0.2, -0.15) is 4.31 Å². The molecule has 0 bridgehead atoms. The van der Waals surface area contributed by atoms with Crippen LogP contribution in [0.15, 0.2) is 24.3 Å². The van der Waals surface area contributed by atoms with Crippen LogP contribution >= 0.6 is 0 Å². The highest BCUT2D eigenvalue weighted by Gasteiger charge is 2.28. The Hall–Kier alpha value is -2.37. The van der Waals surface area contributed by atoms with Crippen molar-refractivity contribution in [2.45, 2.75) is 37.6 Å². The Morgan fingerprint density at radius 3 is 2.50 bits per heavy atom. The van der Waals surface area contributed by atoms with Gasteiger partial charge in [-0.25, -0.2) is 18.0 Å². The van der Waals surface area contributed by atoms with Crippen molar-refractivity contribution >= 4 is 22.1 Å². The molecule has 178 valence electrons. The molecule has 11 heteroatoms. The average molecular weight is 468 g/mol. The summed E-state index contributed by atoms with van der Waals surface area (Å²) in [6.07, 6.45) is 2.75. The minimum absolute atomic E-state index is 0.0713. The molecule has 0 aromatic heterocycles. The molecule has 4 amide bonds. The summed E-state index contributed by atoms with van der Waals surface area (Å²) >= 11 is 0. The van der Waals surface area contributed by atoms with Gasteiger partial charge < -0.3 is 25.6 Å². The zero-order valence-corrected chi connectivity index (χ0v) is 19.3. The molecule has 32 heavy (non-hydrogen) atoms. The van der Waals surface area contributed by atoms with E-state index in [1.54, 1.807) is 24.1 Å². The summed E-state index contributed by atoms with van der Waals surface area (Å²) in [5.41, 5.74) is 1.45. The number of amides is 4. The van der Waals surface area contributed by atoms with Gasteiger partial charge in [0.2, 0.25) is 10.0 Å². The maximum Gasteiger partial charge on any atom is 0.317 e. The first-order chi connectivity index (χ1) is 15.4. The Morgan fingerprint density at radius 1 is 1.06 bits per heavy atom. The molecule has 0 spiro atoms. The lowest BCUT2D eigenvalue weighted by atomic mass is 10.0. The monoisotopic (exact) mass is 467 g/mol. The number of likely N-dealkylation sites (tertiary alicyclic amines) is 1. The maximum atomic E-state index is 12.9. The predicted molar refractivity (Wildman–Crippen MR) is 120 cm³/mol. The van der Waals surface area contributed by atoms with Crippen LogP contribution in [0.1, 0.15) is 30.4 Å². The van der Waals surface area contributed by atoms with Gasteiger partial charge in [-0.05, 0) is 30.4 Å². The summed E-state index contributed by atoms with van der Waals surface area (Å²) in [7, 11) is -1.91. The third-order valence-electron chi connectivity index (χ3n) is 5.86. The summed E-state index contributed by atoms with van der Waals surface area (Å²) in [6.45, 7) is 2.79. The minimum Gasteiger partial charge on any atom is -0.379 e. The van der Waals surface area contributed by atoms with E-state index in [-0.39, 0.29) is 30.4 Å². The minimum atomic E-state index is -3.46. The molecule has 2 aliphatic rings. The van der Waals surface area contributed by atoms with Crippen molar-refractivity contribution in [2.24, 2.45) is 0 Å². The third-order valence-corrected chi connectivity index (χ3v) is 7.69. The second kappa shape index (κ2) is 11.5. The number of carbonyl (C=O) groups is 2. The number of rotatable bonds is 7. The standard InChI is InChI=1S/C21H33N5O5S/c1-22-20(27)23-15-19-8-4-5-9-26(19)21(28)24-14-17-6-2-3-7-18(17)16-32(29,30)25-10-12-31-13-11-25/h2-3,6-7,19H,4-5,8-16H2,1H3,(H,24,28)(H2,22,23,27). The molecule has 3 rings (SSSR count). The third kappa shape index (κ3) is 6.57. The van der Waals surface area contributed by atoms with E-state index in [9.17, 15) is 18.0 Å². The summed E-state index contributed by atoms with van der Waals surface area (Å²) in [5.74, 6) is -0.110. The number of nitrogens with one attached hydrogen (secondary N) is 3. The Morgan fingerprint density at radius 2 is 1.78 bits per heavy atom. The van der Waals surface area contributed by atoms with Crippen LogP contribution in [0.3, 0.4) is 0 Å². The summed E-state index contributed by atoms with van der Waals surface area (Å²) in [5, 5.41) is 8.23. The second-order valence-electron chi connectivity index (χ2n) is 8.00. The lowest BCUT2D eigenvalue weighted by Crippen LogP contribution is -2.53. The van der Waals surface area contributed by atoms with E-state index < -0.39 is 10.0 Å². The van der Waals surface area contributed by atoms with Gasteiger partial charge in [-0.1, -0.05) is 24.3 Å². The zero-order valence-electron chi connectivity index (χ0n) is 18.5. The number of urea groups is 2. The van der Waals surface area contributed by atoms with Crippen molar-refractivity contribution < 1.29 is 22.7 Å². The van der Waals surface area contributed by atoms with E-state index in [2.05, 4.69) is 16.0 Å². The quantitative estimate of drug-likeness (QED) is 0.549. The molecule has 1 aromatic carbocycles. The average Bonchev–Trinajstić information content (AvgIpc) is 2.82. The maximum absolute atomic E-state index is 12.9. The van der Waals surface area contributed by atoms with Gasteiger partial charge in [0.05, 0.1) is 25.0 Å². The van der Waals surface area contributed by atoms with Crippen LogP contribution in [0.25, 0.3) is 0 Å². The molecule has 2 fully saturated rings. The Balaban J connectivity index is 1.61. The smallest absolute Gasteiger partial charge is 0.317 e. The van der Waals surface area contributed by atoms with Crippen molar-refractivity contribution in [3.63, 3.8) is 0 Å². The van der Waals surface area contributed by atoms with Crippen LogP contribution in [0.2, 0.25) is 0 Å². The van der Waals surface area contributed by atoms with Crippen molar-refractivity contribution in [1.82, 2.24) is 25.2 Å². The van der Waals surface area contributed by atoms with Crippen molar-refractivity contribution in [1.29, 1.82) is 0 Å². The van der Waals surface area contributed by atoms with E-state index in [1.165, 1.54) is 4.31 Å². The fraction of sp³-hybridized carbons (Fsp3) is 0.619. The number of morpholine rings is 1. The summed E-state index contributed by atoms with van der Waals surface area (Å²) < 4.78 is 32.4. The number of sulfonamides is 1. The molecule has 2 aliphatic heterocycles. The molecule has 1 unspecified atom stereocenters. The van der Waals surface area contributed by atoms with Gasteiger partial charge >= 0.3 is 12.1 Å². The van der Waals surface area contributed by atoms with E-state index in [4.69, 9.17) is 4.74 Å². The lowest BCUT2D eigenvalue weighted by Gasteiger charge is -2.35. The van der Waals surface area contributed by atoms with Gasteiger partial charge in [0, 0.05) is 39.8 Å². The predicted octanol–water partition coefficient (Wildman–Crippen LogP) is 0.842. The molecule has 0 radical (unpaired) electrons. The lowest BCUT2D eigenvalue weighted by molar-refractivity contribution is 0.0729. The molecule has 2 heterocycles. The first kappa shape index (κ1) is 24.3. The molecule has 2 saturated heterocycles. The number of benzene rings is 1. The first-order valence-electron chi connectivity index (χ1n) is 11.0. The second-order valence-corrected chi connectivity index (χ2v) is 9.97. The van der Waals surface area contributed by atoms with E-state index >= 15 is 0 Å². The van der Waals surface area contributed by atoms with Crippen LogP contribution < -0.4 is 16.0 Å². The largest absolute Gasteiger partial charge is 0.379 e. The SMILES string of the molecule is CNC(=O)NCC1CCCCN1C(=O)NCc1ccccc1CS(=O)(=O)N1CCOCC1. The Labute approximate surface area is 189 Å². The van der Waals surface area contributed by atoms with E-state index in [0.29, 0.717) is 45.0 Å². The molecule has 0 saturated carbocycles. The number of hydrogen-bond donors (Lipinski definition) is 3. The highest BCUT2D eigenvalue weighted by Crippen LogP contribution is 2.19. The topological polar surface area (TPSA) is 120 Å². The highest BCUT2D eigenvalue weighted by molar-refractivity contribution is 7.88. The van der Waals surface area contributed by atoms with Crippen molar-refractivity contribution in [3.05, 3.63) is 35.4 Å². The summed E-state index contributed by atoms with van der Waals surface area (Å²) in [4.78, 5) is 26.1. The normalized spacial score (nSPS) is 19.9. The van der Waals surface area contributed by atoms with Crippen molar-refractivity contribution in [3.8, 4) is 0 Å². The zero-order chi connectivity index (χ0) is 23.0. The van der Waals surface area contributed by atoms with Gasteiger partial charge in [0.25, 0.3) is 0 Å². The fourth-order valence-electron chi connectivity index (χ4n) is 4.03. The molecule has 10 nitrogen and oxygen atoms in total. The van der Waals surface area contributed by atoms with E-state index in [0.717, 1.165) is 24.8 Å². The molecule has 1 aromatic rings. The van der Waals surface area contributed by atoms with Crippen molar-refractivity contribution in [2.75, 3.05) is 46.4 Å². The van der Waals surface area contributed by atoms with Gasteiger partial charge in [0.15, 0.2) is 0 Å². The molecular formula is C21H33N5O5S. The number of carbonyl (C=O) groups excluding carboxylic acids is 2. The number of ether oxygens (including phenoxy) is 1. The van der Waals surface area contributed by atoms with Crippen LogP contribution in [-0.4, -0.2) is 82.2 Å². The molecule has 0 aliphatic carbocycles. The Kier molecular flexibility index (Phi) is 8.71. The van der Waals surface area contributed by atoms with Crippen LogP contribution in [-0.2, 0) is 27.1 Å². The number of nitrogens with zero attached hydrogens (tertiary/aromatic N) is 2. The van der Waals surface area contributed by atoms with Crippen LogP contribution in [0, 0.1) is 0 Å². The molecule has 1 atom stereocenters. The first-order valence-corrected chi connectivity index (χ1v) is 12.6. The molecular weight excluding hydrogens is 434 g/mol.